The highest BCUT2D eigenvalue weighted by Crippen LogP contribution is 2.28. The number of hydrogen-bond acceptors (Lipinski definition) is 6. The van der Waals surface area contributed by atoms with E-state index in [1.54, 1.807) is 7.11 Å². The van der Waals surface area contributed by atoms with E-state index in [0.717, 1.165) is 25.2 Å². The number of hydrogen-bond donors (Lipinski definition) is 2. The van der Waals surface area contributed by atoms with Crippen LogP contribution in [0.25, 0.3) is 0 Å². The molecule has 1 fully saturated rings. The molecule has 1 aromatic carbocycles. The second kappa shape index (κ2) is 10.4. The van der Waals surface area contributed by atoms with Crippen molar-refractivity contribution in [2.24, 2.45) is 0 Å². The van der Waals surface area contributed by atoms with Crippen LogP contribution in [0.1, 0.15) is 19.4 Å². The van der Waals surface area contributed by atoms with Gasteiger partial charge in [-0.25, -0.2) is 0 Å². The number of piperazine rings is 1. The van der Waals surface area contributed by atoms with E-state index in [2.05, 4.69) is 29.0 Å². The number of benzene rings is 1. The van der Waals surface area contributed by atoms with Crippen molar-refractivity contribution in [3.8, 4) is 11.5 Å². The average Bonchev–Trinajstić information content (AvgIpc) is 2.64. The molecule has 0 aliphatic carbocycles. The highest BCUT2D eigenvalue weighted by atomic mass is 16.5. The molecule has 0 radical (unpaired) electrons. The van der Waals surface area contributed by atoms with E-state index in [-0.39, 0.29) is 12.5 Å². The minimum atomic E-state index is -0.561. The number of amides is 1. The van der Waals surface area contributed by atoms with Gasteiger partial charge in [-0.05, 0) is 30.8 Å². The van der Waals surface area contributed by atoms with E-state index < -0.39 is 6.10 Å². The molecule has 1 aliphatic rings. The highest BCUT2D eigenvalue weighted by molar-refractivity contribution is 5.78. The molecule has 1 amide bonds. The molecule has 1 saturated heterocycles. The van der Waals surface area contributed by atoms with Crippen LogP contribution in [0.5, 0.6) is 11.5 Å². The molecule has 1 atom stereocenters. The summed E-state index contributed by atoms with van der Waals surface area (Å²) in [5.41, 5.74) is 1.05. The van der Waals surface area contributed by atoms with Gasteiger partial charge in [0.15, 0.2) is 11.5 Å². The molecule has 1 unspecified atom stereocenters. The molecule has 0 saturated carbocycles. The molecule has 2 rings (SSSR count). The van der Waals surface area contributed by atoms with Gasteiger partial charge in [0, 0.05) is 26.2 Å². The Labute approximate surface area is 155 Å². The van der Waals surface area contributed by atoms with Crippen molar-refractivity contribution < 1.29 is 19.4 Å². The topological polar surface area (TPSA) is 74.3 Å². The first-order chi connectivity index (χ1) is 12.5. The van der Waals surface area contributed by atoms with E-state index >= 15 is 0 Å². The van der Waals surface area contributed by atoms with Gasteiger partial charge in [0.05, 0.1) is 13.7 Å². The van der Waals surface area contributed by atoms with Crippen LogP contribution >= 0.6 is 0 Å². The molecule has 1 aromatic rings. The molecule has 0 bridgehead atoms. The molecule has 7 nitrogen and oxygen atoms in total. The van der Waals surface area contributed by atoms with E-state index in [4.69, 9.17) is 9.47 Å². The van der Waals surface area contributed by atoms with E-state index in [1.807, 2.05) is 18.2 Å². The summed E-state index contributed by atoms with van der Waals surface area (Å²) in [5.74, 6) is 1.31. The summed E-state index contributed by atoms with van der Waals surface area (Å²) in [5, 5.41) is 13.0. The van der Waals surface area contributed by atoms with E-state index in [0.29, 0.717) is 37.7 Å². The van der Waals surface area contributed by atoms with Crippen molar-refractivity contribution in [2.75, 3.05) is 53.0 Å². The Balaban J connectivity index is 1.96. The molecule has 26 heavy (non-hydrogen) atoms. The van der Waals surface area contributed by atoms with Crippen LogP contribution in [0.3, 0.4) is 0 Å². The molecule has 1 heterocycles. The normalized spacial score (nSPS) is 16.4. The van der Waals surface area contributed by atoms with Crippen LogP contribution in [0, 0.1) is 0 Å². The van der Waals surface area contributed by atoms with Crippen LogP contribution in [0.2, 0.25) is 0 Å². The first kappa shape index (κ1) is 20.5. The number of nitrogens with zero attached hydrogens (tertiary/aromatic N) is 2. The lowest BCUT2D eigenvalue weighted by atomic mass is 10.1. The smallest absolute Gasteiger partial charge is 0.234 e. The molecule has 0 aromatic heterocycles. The first-order valence-corrected chi connectivity index (χ1v) is 9.24. The fourth-order valence-corrected chi connectivity index (χ4v) is 3.04. The minimum Gasteiger partial charge on any atom is -0.493 e. The fourth-order valence-electron chi connectivity index (χ4n) is 3.04. The molecule has 1 aliphatic heterocycles. The summed E-state index contributed by atoms with van der Waals surface area (Å²) >= 11 is 0. The zero-order valence-electron chi connectivity index (χ0n) is 16.0. The largest absolute Gasteiger partial charge is 0.493 e. The maximum Gasteiger partial charge on any atom is 0.234 e. The van der Waals surface area contributed by atoms with Gasteiger partial charge in [-0.15, -0.1) is 0 Å². The molecule has 0 spiro atoms. The van der Waals surface area contributed by atoms with Gasteiger partial charge in [0.25, 0.3) is 0 Å². The number of ether oxygens (including phenoxy) is 2. The van der Waals surface area contributed by atoms with Gasteiger partial charge in [-0.3, -0.25) is 9.69 Å². The summed E-state index contributed by atoms with van der Waals surface area (Å²) in [6.45, 7) is 9.33. The van der Waals surface area contributed by atoms with Crippen molar-refractivity contribution in [1.82, 2.24) is 15.1 Å². The predicted molar refractivity (Wildman–Crippen MR) is 101 cm³/mol. The third-order valence-corrected chi connectivity index (χ3v) is 4.55. The number of carbonyl (C=O) groups excluding carboxylic acids is 1. The zero-order chi connectivity index (χ0) is 18.9. The Morgan fingerprint density at radius 2 is 2.08 bits per heavy atom. The predicted octanol–water partition coefficient (Wildman–Crippen LogP) is 0.709. The van der Waals surface area contributed by atoms with Gasteiger partial charge in [-0.1, -0.05) is 19.9 Å². The summed E-state index contributed by atoms with van der Waals surface area (Å²) in [7, 11) is 1.60. The van der Waals surface area contributed by atoms with Crippen molar-refractivity contribution in [1.29, 1.82) is 0 Å². The van der Waals surface area contributed by atoms with Crippen molar-refractivity contribution >= 4 is 5.91 Å². The molecule has 7 heteroatoms. The number of aliphatic hydroxyl groups excluding tert-OH is 1. The number of carbonyl (C=O) groups is 1. The van der Waals surface area contributed by atoms with Crippen molar-refractivity contribution in [3.05, 3.63) is 23.8 Å². The number of methoxy groups -OCH3 is 1. The molecular weight excluding hydrogens is 334 g/mol. The van der Waals surface area contributed by atoms with Gasteiger partial charge < -0.3 is 24.8 Å². The van der Waals surface area contributed by atoms with Gasteiger partial charge in [0.2, 0.25) is 5.91 Å². The van der Waals surface area contributed by atoms with Crippen molar-refractivity contribution in [2.45, 2.75) is 26.5 Å². The lowest BCUT2D eigenvalue weighted by molar-refractivity contribution is -0.124. The number of likely N-dealkylation sites (N-methyl/N-ethyl adjacent to an activating group) is 1. The van der Waals surface area contributed by atoms with Crippen LogP contribution in [-0.2, 0) is 11.3 Å². The van der Waals surface area contributed by atoms with Crippen LogP contribution in [-0.4, -0.2) is 79.9 Å². The van der Waals surface area contributed by atoms with Gasteiger partial charge in [-0.2, -0.15) is 0 Å². The monoisotopic (exact) mass is 365 g/mol. The van der Waals surface area contributed by atoms with E-state index in [1.165, 1.54) is 0 Å². The third-order valence-electron chi connectivity index (χ3n) is 4.55. The average molecular weight is 365 g/mol. The maximum atomic E-state index is 11.5. The lowest BCUT2D eigenvalue weighted by Crippen LogP contribution is -2.47. The minimum absolute atomic E-state index is 0.0563. The van der Waals surface area contributed by atoms with Crippen LogP contribution in [0.4, 0.5) is 0 Å². The second-order valence-corrected chi connectivity index (χ2v) is 6.50. The fraction of sp³-hybridized carbons (Fsp3) is 0.632. The number of nitrogens with one attached hydrogen (secondary N) is 1. The third kappa shape index (κ3) is 6.16. The SMILES string of the molecule is CCN(CC)CC(O)COc1cc(CN2CCNC(=O)C2)ccc1OC. The zero-order valence-corrected chi connectivity index (χ0v) is 16.0. The quantitative estimate of drug-likeness (QED) is 0.636. The van der Waals surface area contributed by atoms with Crippen molar-refractivity contribution in [3.63, 3.8) is 0 Å². The van der Waals surface area contributed by atoms with Gasteiger partial charge >= 0.3 is 0 Å². The van der Waals surface area contributed by atoms with Crippen LogP contribution < -0.4 is 14.8 Å². The molecular formula is C19H31N3O4. The molecule has 2 N–H and O–H groups in total. The standard InChI is InChI=1S/C19H31N3O4/c1-4-21(5-2)12-16(23)14-26-18-10-15(6-7-17(18)25-3)11-22-9-8-20-19(24)13-22/h6-7,10,16,23H,4-5,8-9,11-14H2,1-3H3,(H,20,24). The maximum absolute atomic E-state index is 11.5. The van der Waals surface area contributed by atoms with Gasteiger partial charge in [0.1, 0.15) is 12.7 Å². The Bertz CT molecular complexity index is 578. The summed E-state index contributed by atoms with van der Waals surface area (Å²) < 4.78 is 11.2. The molecule has 146 valence electrons. The summed E-state index contributed by atoms with van der Waals surface area (Å²) in [6.07, 6.45) is -0.561. The first-order valence-electron chi connectivity index (χ1n) is 9.24. The summed E-state index contributed by atoms with van der Waals surface area (Å²) in [6, 6.07) is 5.77. The number of aliphatic hydroxyl groups is 1. The highest BCUT2D eigenvalue weighted by Gasteiger charge is 2.17. The number of rotatable bonds is 10. The Kier molecular flexibility index (Phi) is 8.15. The lowest BCUT2D eigenvalue weighted by Gasteiger charge is -2.26. The van der Waals surface area contributed by atoms with Crippen LogP contribution in [0.15, 0.2) is 18.2 Å². The summed E-state index contributed by atoms with van der Waals surface area (Å²) in [4.78, 5) is 15.8. The Morgan fingerprint density at radius 1 is 1.31 bits per heavy atom. The Morgan fingerprint density at radius 3 is 2.73 bits per heavy atom. The second-order valence-electron chi connectivity index (χ2n) is 6.50. The Hall–Kier alpha value is -1.83. The van der Waals surface area contributed by atoms with E-state index in [9.17, 15) is 9.90 Å².